The maximum Gasteiger partial charge on any atom is 0.252 e. The molecule has 0 radical (unpaired) electrons. The first-order valence-electron chi connectivity index (χ1n) is 25.1. The highest BCUT2D eigenvalue weighted by molar-refractivity contribution is 5.96. The molecule has 6 N–H and O–H groups in total. The van der Waals surface area contributed by atoms with Gasteiger partial charge in [0.05, 0.1) is 29.9 Å². The Morgan fingerprint density at radius 3 is 1.69 bits per heavy atom. The summed E-state index contributed by atoms with van der Waals surface area (Å²) in [6.45, 7) is 4.78. The number of carbonyl (C=O) groups excluding carboxylic acids is 6. The molecule has 372 valence electrons. The minimum Gasteiger partial charge on any atom is -0.347 e. The van der Waals surface area contributed by atoms with E-state index in [0.29, 0.717) is 75.4 Å². The maximum absolute atomic E-state index is 15.2. The van der Waals surface area contributed by atoms with Gasteiger partial charge in [-0.25, -0.2) is 9.36 Å². The molecule has 6 amide bonds. The van der Waals surface area contributed by atoms with E-state index in [4.69, 9.17) is 0 Å². The van der Waals surface area contributed by atoms with Gasteiger partial charge in [-0.2, -0.15) is 0 Å². The van der Waals surface area contributed by atoms with Gasteiger partial charge in [0, 0.05) is 32.6 Å². The van der Waals surface area contributed by atoms with E-state index >= 15 is 4.79 Å². The van der Waals surface area contributed by atoms with Crippen LogP contribution in [0.2, 0.25) is 0 Å². The molecule has 20 heteroatoms. The van der Waals surface area contributed by atoms with Crippen molar-refractivity contribution < 1.29 is 28.8 Å². The zero-order valence-corrected chi connectivity index (χ0v) is 40.6. The lowest BCUT2D eigenvalue weighted by Gasteiger charge is -2.32. The molecule has 20 nitrogen and oxygen atoms in total. The number of rotatable bonds is 15. The summed E-state index contributed by atoms with van der Waals surface area (Å²) in [6, 6.07) is 10.5. The number of benzene rings is 2. The number of nitrogens with one attached hydrogen (secondary N) is 6. The number of aryl methyl sites for hydroxylation is 4. The van der Waals surface area contributed by atoms with Crippen LogP contribution in [-0.2, 0) is 61.1 Å². The van der Waals surface area contributed by atoms with Crippen LogP contribution in [0.15, 0.2) is 48.5 Å². The van der Waals surface area contributed by atoms with Gasteiger partial charge in [0.1, 0.15) is 35.2 Å². The molecule has 0 bridgehead atoms. The molecule has 4 aromatic rings. The van der Waals surface area contributed by atoms with Gasteiger partial charge in [-0.1, -0.05) is 59.0 Å². The topological polar surface area (TPSA) is 242 Å². The minimum atomic E-state index is -1.38. The van der Waals surface area contributed by atoms with Crippen LogP contribution < -0.4 is 31.9 Å². The molecule has 2 saturated heterocycles. The Morgan fingerprint density at radius 1 is 0.600 bits per heavy atom. The number of aromatic nitrogens is 6. The first kappa shape index (κ1) is 48.5. The minimum absolute atomic E-state index is 0.123. The number of carbonyl (C=O) groups is 6. The third-order valence-corrected chi connectivity index (χ3v) is 15.1. The predicted octanol–water partition coefficient (Wildman–Crippen LogP) is 1.71. The molecule has 3 aliphatic heterocycles. The molecule has 2 aromatic heterocycles. The summed E-state index contributed by atoms with van der Waals surface area (Å²) in [5.41, 5.74) is 5.86. The lowest BCUT2D eigenvalue weighted by molar-refractivity contribution is -0.142. The van der Waals surface area contributed by atoms with Gasteiger partial charge >= 0.3 is 0 Å². The Kier molecular flexibility index (Phi) is 14.7. The zero-order chi connectivity index (χ0) is 49.1. The van der Waals surface area contributed by atoms with Crippen molar-refractivity contribution in [2.24, 2.45) is 0 Å². The van der Waals surface area contributed by atoms with Crippen molar-refractivity contribution in [3.05, 3.63) is 82.2 Å². The Bertz CT molecular complexity index is 2610. The zero-order valence-electron chi connectivity index (χ0n) is 40.6. The predicted molar refractivity (Wildman–Crippen MR) is 257 cm³/mol. The van der Waals surface area contributed by atoms with Crippen LogP contribution in [0.5, 0.6) is 0 Å². The molecule has 1 unspecified atom stereocenters. The maximum atomic E-state index is 15.2. The van der Waals surface area contributed by atoms with Crippen LogP contribution in [0.3, 0.4) is 0 Å². The number of hydrogen-bond acceptors (Lipinski definition) is 12. The highest BCUT2D eigenvalue weighted by Crippen LogP contribution is 2.36. The molecule has 70 heavy (non-hydrogen) atoms. The largest absolute Gasteiger partial charge is 0.347 e. The van der Waals surface area contributed by atoms with Crippen molar-refractivity contribution in [1.82, 2.24) is 71.7 Å². The molecule has 5 aliphatic rings. The van der Waals surface area contributed by atoms with Crippen LogP contribution in [-0.4, -0.2) is 133 Å². The summed E-state index contributed by atoms with van der Waals surface area (Å²) in [4.78, 5) is 89.1. The van der Waals surface area contributed by atoms with Crippen molar-refractivity contribution in [3.8, 4) is 11.4 Å². The van der Waals surface area contributed by atoms with Crippen molar-refractivity contribution in [3.63, 3.8) is 0 Å². The van der Waals surface area contributed by atoms with Crippen LogP contribution in [0.1, 0.15) is 123 Å². The third-order valence-electron chi connectivity index (χ3n) is 15.1. The fourth-order valence-electron chi connectivity index (χ4n) is 11.0. The van der Waals surface area contributed by atoms with Gasteiger partial charge < -0.3 is 41.7 Å². The molecule has 9 rings (SSSR count). The molecular formula is C50H66N14O6. The SMILES string of the molecule is CN[C@@H](C)C(=O)NC(C(=O)N1CCC[C@H]1C(=O)N[C@@H]1CCCc2ccccc21)c1nnn2c1-c1c(C[C@H](NC(=O)[C@H](C)NC)C(=O)N3CCC[C@H]3C(=O)N[C@@H]3CCCc4ccccc43)nnn1CCC2. The second-order valence-electron chi connectivity index (χ2n) is 19.4. The van der Waals surface area contributed by atoms with E-state index in [9.17, 15) is 24.0 Å². The lowest BCUT2D eigenvalue weighted by atomic mass is 9.87. The number of nitrogens with zero attached hydrogens (tertiary/aromatic N) is 8. The van der Waals surface area contributed by atoms with Gasteiger partial charge in [0.25, 0.3) is 5.91 Å². The quantitative estimate of drug-likeness (QED) is 0.0999. The number of likely N-dealkylation sites (N-methyl/N-ethyl adjacent to an activating group) is 2. The van der Waals surface area contributed by atoms with E-state index in [0.717, 1.165) is 49.7 Å². The van der Waals surface area contributed by atoms with E-state index in [1.54, 1.807) is 47.1 Å². The van der Waals surface area contributed by atoms with Crippen LogP contribution >= 0.6 is 0 Å². The fraction of sp³-hybridized carbons (Fsp3) is 0.560. The van der Waals surface area contributed by atoms with Crippen LogP contribution in [0.4, 0.5) is 0 Å². The molecule has 2 aromatic carbocycles. The van der Waals surface area contributed by atoms with Gasteiger partial charge in [-0.05, 0) is 121 Å². The summed E-state index contributed by atoms with van der Waals surface area (Å²) in [7, 11) is 3.30. The van der Waals surface area contributed by atoms with Crippen molar-refractivity contribution in [2.45, 2.75) is 152 Å². The summed E-state index contributed by atoms with van der Waals surface area (Å²) >= 11 is 0. The number of amides is 6. The second-order valence-corrected chi connectivity index (χ2v) is 19.4. The molecule has 2 aliphatic carbocycles. The highest BCUT2D eigenvalue weighted by atomic mass is 16.2. The van der Waals surface area contributed by atoms with E-state index in [2.05, 4.69) is 70.7 Å². The Labute approximate surface area is 407 Å². The monoisotopic (exact) mass is 959 g/mol. The number of fused-ring (bicyclic) bond motifs is 5. The van der Waals surface area contributed by atoms with Gasteiger partial charge in [-0.15, -0.1) is 10.2 Å². The Hall–Kier alpha value is -6.54. The van der Waals surface area contributed by atoms with E-state index < -0.39 is 59.9 Å². The highest BCUT2D eigenvalue weighted by Gasteiger charge is 2.44. The van der Waals surface area contributed by atoms with E-state index in [-0.39, 0.29) is 36.0 Å². The van der Waals surface area contributed by atoms with Gasteiger partial charge in [0.15, 0.2) is 6.04 Å². The second kappa shape index (κ2) is 21.2. The lowest BCUT2D eigenvalue weighted by Crippen LogP contribution is -2.56. The Balaban J connectivity index is 1.02. The third kappa shape index (κ3) is 9.79. The fourth-order valence-corrected chi connectivity index (χ4v) is 11.0. The molecular weight excluding hydrogens is 893 g/mol. The average molecular weight is 959 g/mol. The summed E-state index contributed by atoms with van der Waals surface area (Å²) in [5.74, 6) is -2.32. The van der Waals surface area contributed by atoms with Crippen molar-refractivity contribution in [1.29, 1.82) is 0 Å². The molecule has 2 fully saturated rings. The number of hydrogen-bond donors (Lipinski definition) is 6. The van der Waals surface area contributed by atoms with Crippen molar-refractivity contribution >= 4 is 35.4 Å². The molecule has 5 heterocycles. The summed E-state index contributed by atoms with van der Waals surface area (Å²) in [5, 5.41) is 36.6. The smallest absolute Gasteiger partial charge is 0.252 e. The van der Waals surface area contributed by atoms with E-state index in [1.807, 2.05) is 30.3 Å². The normalized spacial score (nSPS) is 22.2. The molecule has 0 saturated carbocycles. The van der Waals surface area contributed by atoms with Crippen molar-refractivity contribution in [2.75, 3.05) is 27.2 Å². The molecule has 0 spiro atoms. The first-order valence-corrected chi connectivity index (χ1v) is 25.1. The average Bonchev–Trinajstić information content (AvgIpc) is 4.21. The standard InChI is InChI=1S/C50H66N14O6/c1-29(51-3)45(65)55-38(49(69)61-24-11-22-39(61)47(67)53-35-20-9-16-31-14-5-7-18-33(31)35)28-37-43-44-41(58-60-64(44)27-13-26-63(43)59-57-37)42(56-46(66)30(2)52-4)50(70)62-25-12-23-40(62)48(68)54-36-21-10-17-32-15-6-8-19-34(32)36/h5-8,14-15,18-19,29-30,35-36,38-40,42,51-52H,9-13,16-17,20-28H2,1-4H3,(H,53,67)(H,54,68)(H,55,65)(H,56,66)/t29-,30-,35+,36+,38-,39-,40-,42?/m0/s1. The Morgan fingerprint density at radius 2 is 1.11 bits per heavy atom. The summed E-state index contributed by atoms with van der Waals surface area (Å²) < 4.78 is 3.34. The van der Waals surface area contributed by atoms with Gasteiger partial charge in [-0.3, -0.25) is 28.8 Å². The van der Waals surface area contributed by atoms with Gasteiger partial charge in [0.2, 0.25) is 29.5 Å². The number of likely N-dealkylation sites (tertiary alicyclic amines) is 2. The summed E-state index contributed by atoms with van der Waals surface area (Å²) in [6.07, 6.45) is 7.90. The van der Waals surface area contributed by atoms with Crippen LogP contribution in [0, 0.1) is 0 Å². The molecule has 8 atom stereocenters. The van der Waals surface area contributed by atoms with Crippen LogP contribution in [0.25, 0.3) is 11.4 Å². The first-order chi connectivity index (χ1) is 33.9. The van der Waals surface area contributed by atoms with E-state index in [1.165, 1.54) is 11.1 Å².